The minimum atomic E-state index is -0.108. The van der Waals surface area contributed by atoms with Crippen molar-refractivity contribution in [3.05, 3.63) is 29.8 Å². The van der Waals surface area contributed by atoms with Crippen LogP contribution in [0, 0.1) is 0 Å². The summed E-state index contributed by atoms with van der Waals surface area (Å²) in [5.74, 6) is 0.288. The molecule has 0 aliphatic carbocycles. The number of carbonyl (C=O) groups excluding carboxylic acids is 2. The first-order chi connectivity index (χ1) is 8.52. The van der Waals surface area contributed by atoms with Crippen molar-refractivity contribution in [2.75, 3.05) is 17.6 Å². The lowest BCUT2D eigenvalue weighted by Crippen LogP contribution is -2.16. The van der Waals surface area contributed by atoms with E-state index in [1.54, 1.807) is 36.0 Å². The number of nitrogens with two attached hydrogens (primary N) is 1. The minimum Gasteiger partial charge on any atom is -0.325 e. The molecule has 0 aliphatic rings. The Hall–Kier alpha value is -1.33. The maximum Gasteiger partial charge on any atom is 0.234 e. The molecular formula is C13H18N2O2S. The predicted octanol–water partition coefficient (Wildman–Crippen LogP) is 1.91. The average Bonchev–Trinajstić information content (AvgIpc) is 2.36. The molecule has 0 aromatic heterocycles. The highest BCUT2D eigenvalue weighted by atomic mass is 32.2. The van der Waals surface area contributed by atoms with Gasteiger partial charge in [-0.05, 0) is 29.5 Å². The van der Waals surface area contributed by atoms with Crippen LogP contribution in [0.5, 0.6) is 0 Å². The van der Waals surface area contributed by atoms with Gasteiger partial charge in [0.1, 0.15) is 0 Å². The molecule has 0 bridgehead atoms. The van der Waals surface area contributed by atoms with Crippen LogP contribution in [0.25, 0.3) is 0 Å². The zero-order valence-corrected chi connectivity index (χ0v) is 11.4. The van der Waals surface area contributed by atoms with E-state index >= 15 is 0 Å². The summed E-state index contributed by atoms with van der Waals surface area (Å²) in [5, 5.41) is 3.21. The SMILES string of the molecule is CC(C)SCC(=O)Nc1ccc(C(=O)CN)cc1. The second-order valence-electron chi connectivity index (χ2n) is 4.11. The van der Waals surface area contributed by atoms with Gasteiger partial charge >= 0.3 is 0 Å². The molecule has 0 spiro atoms. The molecule has 0 saturated carbocycles. The van der Waals surface area contributed by atoms with E-state index in [1.165, 1.54) is 0 Å². The smallest absolute Gasteiger partial charge is 0.234 e. The van der Waals surface area contributed by atoms with E-state index in [1.807, 2.05) is 13.8 Å². The van der Waals surface area contributed by atoms with E-state index in [0.717, 1.165) is 0 Å². The summed E-state index contributed by atoms with van der Waals surface area (Å²) in [6.45, 7) is 4.09. The number of ketones is 1. The average molecular weight is 266 g/mol. The number of thioether (sulfide) groups is 1. The van der Waals surface area contributed by atoms with Crippen LogP contribution in [-0.4, -0.2) is 29.2 Å². The molecule has 0 radical (unpaired) electrons. The van der Waals surface area contributed by atoms with E-state index in [9.17, 15) is 9.59 Å². The van der Waals surface area contributed by atoms with Gasteiger partial charge in [-0.3, -0.25) is 9.59 Å². The number of carbonyl (C=O) groups is 2. The van der Waals surface area contributed by atoms with Gasteiger partial charge in [-0.2, -0.15) is 0 Å². The Labute approximate surface area is 111 Å². The van der Waals surface area contributed by atoms with Crippen molar-refractivity contribution in [3.63, 3.8) is 0 Å². The zero-order chi connectivity index (χ0) is 13.5. The van der Waals surface area contributed by atoms with Gasteiger partial charge < -0.3 is 11.1 Å². The van der Waals surface area contributed by atoms with Crippen molar-refractivity contribution in [1.29, 1.82) is 0 Å². The van der Waals surface area contributed by atoms with Gasteiger partial charge in [-0.15, -0.1) is 11.8 Å². The van der Waals surface area contributed by atoms with E-state index in [-0.39, 0.29) is 18.2 Å². The third-order valence-electron chi connectivity index (χ3n) is 2.22. The molecule has 4 nitrogen and oxygen atoms in total. The maximum absolute atomic E-state index is 11.6. The largest absolute Gasteiger partial charge is 0.325 e. The monoisotopic (exact) mass is 266 g/mol. The molecule has 98 valence electrons. The van der Waals surface area contributed by atoms with Crippen LogP contribution in [0.2, 0.25) is 0 Å². The summed E-state index contributed by atoms with van der Waals surface area (Å²) in [5.41, 5.74) is 6.52. The maximum atomic E-state index is 11.6. The van der Waals surface area contributed by atoms with Crippen LogP contribution in [-0.2, 0) is 4.79 Å². The van der Waals surface area contributed by atoms with E-state index in [2.05, 4.69) is 5.32 Å². The Balaban J connectivity index is 2.53. The molecule has 1 aromatic rings. The van der Waals surface area contributed by atoms with Gasteiger partial charge in [0, 0.05) is 11.3 Å². The summed E-state index contributed by atoms with van der Waals surface area (Å²) in [6.07, 6.45) is 0. The Kier molecular flexibility index (Phi) is 5.88. The van der Waals surface area contributed by atoms with Crippen molar-refractivity contribution >= 4 is 29.1 Å². The van der Waals surface area contributed by atoms with Gasteiger partial charge in [0.15, 0.2) is 5.78 Å². The number of amides is 1. The number of benzene rings is 1. The van der Waals surface area contributed by atoms with Gasteiger partial charge in [-0.1, -0.05) is 13.8 Å². The molecule has 0 unspecified atom stereocenters. The molecule has 0 fully saturated rings. The van der Waals surface area contributed by atoms with Crippen LogP contribution in [0.15, 0.2) is 24.3 Å². The summed E-state index contributed by atoms with van der Waals surface area (Å²) < 4.78 is 0. The van der Waals surface area contributed by atoms with E-state index in [0.29, 0.717) is 22.3 Å². The first kappa shape index (κ1) is 14.7. The molecule has 0 heterocycles. The van der Waals surface area contributed by atoms with Crippen molar-refractivity contribution < 1.29 is 9.59 Å². The quantitative estimate of drug-likeness (QED) is 0.771. The van der Waals surface area contributed by atoms with Crippen LogP contribution in [0.1, 0.15) is 24.2 Å². The van der Waals surface area contributed by atoms with Crippen LogP contribution < -0.4 is 11.1 Å². The van der Waals surface area contributed by atoms with E-state index in [4.69, 9.17) is 5.73 Å². The molecule has 0 aliphatic heterocycles. The Morgan fingerprint density at radius 1 is 1.28 bits per heavy atom. The molecule has 1 aromatic carbocycles. The second-order valence-corrected chi connectivity index (χ2v) is 5.68. The Morgan fingerprint density at radius 2 is 1.89 bits per heavy atom. The third-order valence-corrected chi connectivity index (χ3v) is 3.32. The number of hydrogen-bond acceptors (Lipinski definition) is 4. The van der Waals surface area contributed by atoms with Crippen molar-refractivity contribution in [3.8, 4) is 0 Å². The highest BCUT2D eigenvalue weighted by molar-refractivity contribution is 8.00. The Bertz CT molecular complexity index is 416. The van der Waals surface area contributed by atoms with Crippen molar-refractivity contribution in [2.24, 2.45) is 5.73 Å². The lowest BCUT2D eigenvalue weighted by Gasteiger charge is -2.07. The number of nitrogens with one attached hydrogen (secondary N) is 1. The fourth-order valence-corrected chi connectivity index (χ4v) is 1.85. The minimum absolute atomic E-state index is 0.00324. The molecule has 1 amide bonds. The van der Waals surface area contributed by atoms with Crippen molar-refractivity contribution in [1.82, 2.24) is 0 Å². The first-order valence-electron chi connectivity index (χ1n) is 5.77. The molecule has 1 rings (SSSR count). The first-order valence-corrected chi connectivity index (χ1v) is 6.82. The molecule has 0 atom stereocenters. The number of rotatable bonds is 6. The predicted molar refractivity (Wildman–Crippen MR) is 76.1 cm³/mol. The lowest BCUT2D eigenvalue weighted by molar-refractivity contribution is -0.113. The second kappa shape index (κ2) is 7.18. The number of hydrogen-bond donors (Lipinski definition) is 2. The fraction of sp³-hybridized carbons (Fsp3) is 0.385. The zero-order valence-electron chi connectivity index (χ0n) is 10.6. The summed E-state index contributed by atoms with van der Waals surface area (Å²) in [4.78, 5) is 22.9. The summed E-state index contributed by atoms with van der Waals surface area (Å²) >= 11 is 1.59. The lowest BCUT2D eigenvalue weighted by atomic mass is 10.1. The topological polar surface area (TPSA) is 72.2 Å². The van der Waals surface area contributed by atoms with Crippen LogP contribution in [0.4, 0.5) is 5.69 Å². The third kappa shape index (κ3) is 4.89. The standard InChI is InChI=1S/C13H18N2O2S/c1-9(2)18-8-13(17)15-11-5-3-10(4-6-11)12(16)7-14/h3-6,9H,7-8,14H2,1-2H3,(H,15,17). The molecular weight excluding hydrogens is 248 g/mol. The normalized spacial score (nSPS) is 10.4. The van der Waals surface area contributed by atoms with E-state index < -0.39 is 0 Å². The van der Waals surface area contributed by atoms with Crippen molar-refractivity contribution in [2.45, 2.75) is 19.1 Å². The van der Waals surface area contributed by atoms with Gasteiger partial charge in [-0.25, -0.2) is 0 Å². The highest BCUT2D eigenvalue weighted by Gasteiger charge is 2.06. The van der Waals surface area contributed by atoms with Crippen LogP contribution >= 0.6 is 11.8 Å². The fourth-order valence-electron chi connectivity index (χ4n) is 1.30. The van der Waals surface area contributed by atoms with Gasteiger partial charge in [0.25, 0.3) is 0 Å². The molecule has 3 N–H and O–H groups in total. The molecule has 5 heteroatoms. The van der Waals surface area contributed by atoms with Gasteiger partial charge in [0.2, 0.25) is 5.91 Å². The number of anilines is 1. The molecule has 0 saturated heterocycles. The number of Topliss-reactive ketones (excluding diaryl/α,β-unsaturated/α-hetero) is 1. The van der Waals surface area contributed by atoms with Gasteiger partial charge in [0.05, 0.1) is 12.3 Å². The summed E-state index contributed by atoms with van der Waals surface area (Å²) in [6, 6.07) is 6.75. The Morgan fingerprint density at radius 3 is 2.39 bits per heavy atom. The van der Waals surface area contributed by atoms with Crippen LogP contribution in [0.3, 0.4) is 0 Å². The highest BCUT2D eigenvalue weighted by Crippen LogP contribution is 2.12. The summed E-state index contributed by atoms with van der Waals surface area (Å²) in [7, 11) is 0. The molecule has 18 heavy (non-hydrogen) atoms.